The summed E-state index contributed by atoms with van der Waals surface area (Å²) in [5, 5.41) is 106. The molecule has 21 heteroatoms. The fraction of sp³-hybridized carbons (Fsp3) is 0.684. The fourth-order valence-electron chi connectivity index (χ4n) is 8.98. The predicted octanol–water partition coefficient (Wildman–Crippen LogP) is -3.62. The molecule has 5 saturated heterocycles. The molecule has 19 atom stereocenters. The molecule has 59 heavy (non-hydrogen) atoms. The first kappa shape index (κ1) is 41.3. The van der Waals surface area contributed by atoms with Gasteiger partial charge in [-0.3, -0.25) is 0 Å². The van der Waals surface area contributed by atoms with Crippen LogP contribution in [0.1, 0.15) is 35.0 Å². The first-order valence-electron chi connectivity index (χ1n) is 19.4. The quantitative estimate of drug-likeness (QED) is 0.110. The van der Waals surface area contributed by atoms with Gasteiger partial charge in [0.15, 0.2) is 35.6 Å². The molecule has 0 unspecified atom stereocenters. The molecule has 7 heterocycles. The van der Waals surface area contributed by atoms with E-state index in [1.807, 2.05) is 18.2 Å². The summed E-state index contributed by atoms with van der Waals surface area (Å²) in [5.74, 6) is 1.56. The van der Waals surface area contributed by atoms with Gasteiger partial charge in [-0.05, 0) is 41.0 Å². The van der Waals surface area contributed by atoms with E-state index in [0.29, 0.717) is 34.1 Å². The largest absolute Gasteiger partial charge is 0.454 e. The number of benzene rings is 2. The minimum Gasteiger partial charge on any atom is -0.454 e. The van der Waals surface area contributed by atoms with E-state index in [1.165, 1.54) is 0 Å². The van der Waals surface area contributed by atoms with Crippen molar-refractivity contribution in [2.75, 3.05) is 46.6 Å². The highest BCUT2D eigenvalue weighted by Gasteiger charge is 2.54. The molecule has 2 aromatic carbocycles. The van der Waals surface area contributed by atoms with Crippen LogP contribution in [0.2, 0.25) is 0 Å². The molecule has 10 N–H and O–H groups in total. The van der Waals surface area contributed by atoms with Crippen LogP contribution in [0.3, 0.4) is 0 Å². The number of aliphatic hydroxyl groups is 10. The van der Waals surface area contributed by atoms with E-state index in [4.69, 9.17) is 52.1 Å². The molecule has 0 radical (unpaired) electrons. The van der Waals surface area contributed by atoms with E-state index >= 15 is 0 Å². The van der Waals surface area contributed by atoms with Crippen LogP contribution in [0.25, 0.3) is 0 Å². The molecular formula is C38H48O21. The van der Waals surface area contributed by atoms with E-state index in [-0.39, 0.29) is 44.7 Å². The second-order valence-corrected chi connectivity index (χ2v) is 15.7. The molecule has 9 rings (SSSR count). The van der Waals surface area contributed by atoms with Gasteiger partial charge in [-0.15, -0.1) is 0 Å². The summed E-state index contributed by atoms with van der Waals surface area (Å²) in [6, 6.07) is 8.93. The summed E-state index contributed by atoms with van der Waals surface area (Å²) in [6.07, 6.45) is -25.7. The van der Waals surface area contributed by atoms with Crippen LogP contribution in [-0.4, -0.2) is 184 Å². The summed E-state index contributed by atoms with van der Waals surface area (Å²) in [7, 11) is 0. The first-order valence-corrected chi connectivity index (χ1v) is 19.4. The lowest BCUT2D eigenvalue weighted by Gasteiger charge is -2.47. The molecule has 0 aliphatic carbocycles. The molecule has 2 aromatic rings. The van der Waals surface area contributed by atoms with Gasteiger partial charge in [0.2, 0.25) is 13.6 Å². The van der Waals surface area contributed by atoms with Crippen molar-refractivity contribution in [2.45, 2.75) is 104 Å². The number of fused-ring (bicyclic) bond motifs is 3. The van der Waals surface area contributed by atoms with Crippen LogP contribution in [-0.2, 0) is 33.2 Å². The lowest BCUT2D eigenvalue weighted by molar-refractivity contribution is -0.348. The first-order chi connectivity index (χ1) is 28.5. The summed E-state index contributed by atoms with van der Waals surface area (Å²) in [5.41, 5.74) is 1.71. The van der Waals surface area contributed by atoms with Gasteiger partial charge in [0, 0.05) is 11.8 Å². The monoisotopic (exact) mass is 840 g/mol. The maximum atomic E-state index is 11.8. The van der Waals surface area contributed by atoms with Crippen LogP contribution in [0.4, 0.5) is 0 Å². The Kier molecular flexibility index (Phi) is 11.7. The van der Waals surface area contributed by atoms with E-state index in [2.05, 4.69) is 0 Å². The van der Waals surface area contributed by atoms with Gasteiger partial charge in [-0.2, -0.15) is 0 Å². The molecule has 21 nitrogen and oxygen atoms in total. The van der Waals surface area contributed by atoms with Crippen molar-refractivity contribution < 1.29 is 103 Å². The van der Waals surface area contributed by atoms with Crippen molar-refractivity contribution in [3.63, 3.8) is 0 Å². The van der Waals surface area contributed by atoms with Crippen molar-refractivity contribution in [2.24, 2.45) is 11.8 Å². The van der Waals surface area contributed by atoms with Gasteiger partial charge in [0.05, 0.1) is 45.2 Å². The lowest BCUT2D eigenvalue weighted by atomic mass is 9.81. The number of rotatable bonds is 10. The topological polar surface area (TPSA) is 304 Å². The second-order valence-electron chi connectivity index (χ2n) is 15.7. The van der Waals surface area contributed by atoms with Crippen LogP contribution in [0.5, 0.6) is 23.0 Å². The van der Waals surface area contributed by atoms with E-state index in [9.17, 15) is 51.1 Å². The summed E-state index contributed by atoms with van der Waals surface area (Å²) in [4.78, 5) is 0. The van der Waals surface area contributed by atoms with Crippen LogP contribution in [0, 0.1) is 11.8 Å². The SMILES string of the molecule is OC[C@H]1O[C@@H](OC[C@H]2O[C@@H](c3cc4c(cc3[C@H]3OC[C@H]5[C@@H]3CO[C@@H]5c3ccc5c(c3)OCO5)OCO4)[C@H](O[C@@H]3O[C@H](CO)[C@@H](O)[C@H](O)[C@H]3O)[C@@H](O)[C@@H]2O)[C@H](O)[C@@H](O)[C@@H]1O. The zero-order valence-corrected chi connectivity index (χ0v) is 31.3. The molecule has 0 bridgehead atoms. The average Bonchev–Trinajstić information content (AvgIpc) is 4.07. The lowest BCUT2D eigenvalue weighted by Crippen LogP contribution is -2.63. The number of hydrogen-bond acceptors (Lipinski definition) is 21. The Morgan fingerprint density at radius 2 is 1.03 bits per heavy atom. The highest BCUT2D eigenvalue weighted by atomic mass is 16.7. The number of aliphatic hydroxyl groups excluding tert-OH is 10. The fourth-order valence-corrected chi connectivity index (χ4v) is 8.98. The highest BCUT2D eigenvalue weighted by Crippen LogP contribution is 2.54. The van der Waals surface area contributed by atoms with Gasteiger partial charge in [-0.1, -0.05) is 6.07 Å². The normalized spacial score (nSPS) is 43.9. The third-order valence-corrected chi connectivity index (χ3v) is 12.3. The Morgan fingerprint density at radius 3 is 1.68 bits per heavy atom. The van der Waals surface area contributed by atoms with Gasteiger partial charge in [0.25, 0.3) is 0 Å². The number of ether oxygens (including phenoxy) is 11. The standard InChI is InChI=1S/C38H48O21/c39-6-22-25(41)28(44)31(47)37(57-22)51-10-24-27(43)30(46)36(59-38-32(48)29(45)26(42)23(7-40)58-38)35(56-24)15-5-21-20(54-12-55-21)4-14(15)34-17-9-49-33(16(17)8-50-34)13-1-2-18-19(3-13)53-11-52-18/h1-5,16-17,22-48H,6-12H2/t16-,17-,22+,23+,24+,25+,26+,27+,28-,29-,30-,31+,32+,33+,34+,35-,36+,37+,38-/m0/s1. The maximum absolute atomic E-state index is 11.8. The predicted molar refractivity (Wildman–Crippen MR) is 187 cm³/mol. The average molecular weight is 841 g/mol. The third-order valence-electron chi connectivity index (χ3n) is 12.3. The molecule has 0 amide bonds. The van der Waals surface area contributed by atoms with Crippen molar-refractivity contribution >= 4 is 0 Å². The summed E-state index contributed by atoms with van der Waals surface area (Å²) < 4.78 is 65.0. The zero-order valence-electron chi connectivity index (χ0n) is 31.3. The zero-order chi connectivity index (χ0) is 41.3. The van der Waals surface area contributed by atoms with Crippen molar-refractivity contribution in [3.8, 4) is 23.0 Å². The Labute approximate surface area is 335 Å². The minimum absolute atomic E-state index is 0.113. The number of hydrogen-bond donors (Lipinski definition) is 10. The molecule has 0 spiro atoms. The minimum atomic E-state index is -1.89. The molecule has 7 aliphatic heterocycles. The molecular weight excluding hydrogens is 792 g/mol. The Hall–Kier alpha value is -3.04. The van der Waals surface area contributed by atoms with Gasteiger partial charge in [0.1, 0.15) is 79.4 Å². The van der Waals surface area contributed by atoms with E-state index in [1.54, 1.807) is 12.1 Å². The Balaban J connectivity index is 1.04. The molecule has 326 valence electrons. The smallest absolute Gasteiger partial charge is 0.231 e. The van der Waals surface area contributed by atoms with Gasteiger partial charge < -0.3 is 103 Å². The van der Waals surface area contributed by atoms with Gasteiger partial charge >= 0.3 is 0 Å². The molecule has 7 aliphatic rings. The van der Waals surface area contributed by atoms with Crippen LogP contribution in [0.15, 0.2) is 30.3 Å². The van der Waals surface area contributed by atoms with Gasteiger partial charge in [-0.25, -0.2) is 0 Å². The Morgan fingerprint density at radius 1 is 0.508 bits per heavy atom. The van der Waals surface area contributed by atoms with E-state index in [0.717, 1.165) is 5.56 Å². The molecule has 5 fully saturated rings. The Bertz CT molecular complexity index is 1800. The second kappa shape index (κ2) is 16.7. The highest BCUT2D eigenvalue weighted by molar-refractivity contribution is 5.51. The third kappa shape index (κ3) is 7.34. The van der Waals surface area contributed by atoms with Crippen LogP contribution < -0.4 is 18.9 Å². The van der Waals surface area contributed by atoms with Crippen molar-refractivity contribution in [3.05, 3.63) is 47.0 Å². The van der Waals surface area contributed by atoms with Crippen LogP contribution >= 0.6 is 0 Å². The molecule has 0 saturated carbocycles. The summed E-state index contributed by atoms with van der Waals surface area (Å²) >= 11 is 0. The van der Waals surface area contributed by atoms with E-state index < -0.39 is 118 Å². The molecule has 0 aromatic heterocycles. The summed E-state index contributed by atoms with van der Waals surface area (Å²) in [6.45, 7) is -1.48. The van der Waals surface area contributed by atoms with Crippen molar-refractivity contribution in [1.82, 2.24) is 0 Å². The maximum Gasteiger partial charge on any atom is 0.231 e. The van der Waals surface area contributed by atoms with Crippen molar-refractivity contribution in [1.29, 1.82) is 0 Å².